The maximum absolute atomic E-state index is 8.63. The first-order chi connectivity index (χ1) is 13.7. The molecule has 2 N–H and O–H groups in total. The lowest BCUT2D eigenvalue weighted by atomic mass is 10.0. The minimum Gasteiger partial charge on any atom is -0.508 e. The van der Waals surface area contributed by atoms with Crippen LogP contribution < -0.4 is 0 Å². The Hall–Kier alpha value is -3.78. The zero-order chi connectivity index (χ0) is 19.6. The molecule has 0 aliphatic rings. The van der Waals surface area contributed by atoms with Crippen molar-refractivity contribution in [2.45, 2.75) is 0 Å². The van der Waals surface area contributed by atoms with Gasteiger partial charge < -0.3 is 10.2 Å². The molecule has 0 spiro atoms. The van der Waals surface area contributed by atoms with E-state index < -0.39 is 0 Å². The third-order valence-electron chi connectivity index (χ3n) is 4.17. The summed E-state index contributed by atoms with van der Waals surface area (Å²) in [6.45, 7) is 0. The number of rotatable bonds is 0. The maximum Gasteiger partial charge on any atom is 0.115 e. The molecule has 0 aliphatic carbocycles. The summed E-state index contributed by atoms with van der Waals surface area (Å²) in [6, 6.07) is 38.8. The molecule has 138 valence electrons. The molecule has 0 aliphatic heterocycles. The minimum atomic E-state index is 0.322. The SMILES string of the molecule is Oc1ccccc1.Oc1ccccc1.c1ccc2c(c1)ccc1ccccc12. The summed E-state index contributed by atoms with van der Waals surface area (Å²) in [7, 11) is 0. The molecule has 0 unspecified atom stereocenters. The van der Waals surface area contributed by atoms with Gasteiger partial charge in [0, 0.05) is 0 Å². The largest absolute Gasteiger partial charge is 0.508 e. The van der Waals surface area contributed by atoms with Gasteiger partial charge in [-0.25, -0.2) is 0 Å². The van der Waals surface area contributed by atoms with Gasteiger partial charge in [0.05, 0.1) is 0 Å². The molecule has 2 heteroatoms. The quantitative estimate of drug-likeness (QED) is 0.297. The molecule has 0 aromatic heterocycles. The van der Waals surface area contributed by atoms with Crippen molar-refractivity contribution in [2.75, 3.05) is 0 Å². The third-order valence-corrected chi connectivity index (χ3v) is 4.17. The second kappa shape index (κ2) is 9.79. The van der Waals surface area contributed by atoms with Crippen LogP contribution >= 0.6 is 0 Å². The third kappa shape index (κ3) is 5.36. The van der Waals surface area contributed by atoms with Crippen molar-refractivity contribution in [3.63, 3.8) is 0 Å². The highest BCUT2D eigenvalue weighted by atomic mass is 16.3. The van der Waals surface area contributed by atoms with Gasteiger partial charge in [0.2, 0.25) is 0 Å². The standard InChI is InChI=1S/C14H10.2C6H6O/c1-3-7-13-11(5-1)9-10-12-6-2-4-8-14(12)13;2*7-6-4-2-1-3-5-6/h1-10H;2*1-5,7H. The summed E-state index contributed by atoms with van der Waals surface area (Å²) >= 11 is 0. The number of aromatic hydroxyl groups is 2. The van der Waals surface area contributed by atoms with Crippen molar-refractivity contribution in [3.8, 4) is 11.5 Å². The Kier molecular flexibility index (Phi) is 6.64. The molecule has 0 fully saturated rings. The van der Waals surface area contributed by atoms with Gasteiger partial charge >= 0.3 is 0 Å². The first kappa shape index (κ1) is 19.0. The average Bonchev–Trinajstić information content (AvgIpc) is 2.76. The van der Waals surface area contributed by atoms with Crippen LogP contribution in [-0.2, 0) is 0 Å². The molecule has 0 radical (unpaired) electrons. The Bertz CT molecular complexity index is 1030. The molecule has 0 heterocycles. The summed E-state index contributed by atoms with van der Waals surface area (Å²) in [4.78, 5) is 0. The zero-order valence-electron chi connectivity index (χ0n) is 15.4. The second-order valence-corrected chi connectivity index (χ2v) is 6.18. The fraction of sp³-hybridized carbons (Fsp3) is 0. The summed E-state index contributed by atoms with van der Waals surface area (Å²) in [5.74, 6) is 0.644. The van der Waals surface area contributed by atoms with Gasteiger partial charge in [0.15, 0.2) is 0 Å². The highest BCUT2D eigenvalue weighted by molar-refractivity contribution is 6.07. The molecule has 0 amide bonds. The topological polar surface area (TPSA) is 40.5 Å². The number of benzene rings is 5. The molecule has 0 bridgehead atoms. The first-order valence-electron chi connectivity index (χ1n) is 9.08. The van der Waals surface area contributed by atoms with E-state index in [1.54, 1.807) is 48.5 Å². The Balaban J connectivity index is 0.000000136. The van der Waals surface area contributed by atoms with Gasteiger partial charge in [-0.05, 0) is 45.8 Å². The molecule has 2 nitrogen and oxygen atoms in total. The summed E-state index contributed by atoms with van der Waals surface area (Å²) in [5.41, 5.74) is 0. The second-order valence-electron chi connectivity index (χ2n) is 6.18. The van der Waals surface area contributed by atoms with E-state index in [0.717, 1.165) is 0 Å². The van der Waals surface area contributed by atoms with Gasteiger partial charge in [0.25, 0.3) is 0 Å². The van der Waals surface area contributed by atoms with Crippen molar-refractivity contribution >= 4 is 21.5 Å². The molecular formula is C26H22O2. The number of para-hydroxylation sites is 2. The van der Waals surface area contributed by atoms with E-state index in [0.29, 0.717) is 11.5 Å². The highest BCUT2D eigenvalue weighted by Gasteiger charge is 1.97. The fourth-order valence-corrected chi connectivity index (χ4v) is 2.81. The highest BCUT2D eigenvalue weighted by Crippen LogP contribution is 2.24. The molecule has 5 aromatic carbocycles. The maximum atomic E-state index is 8.63. The number of hydrogen-bond acceptors (Lipinski definition) is 2. The Morgan fingerprint density at radius 2 is 0.643 bits per heavy atom. The molecule has 0 saturated carbocycles. The normalized spacial score (nSPS) is 9.71. The summed E-state index contributed by atoms with van der Waals surface area (Å²) < 4.78 is 0. The first-order valence-corrected chi connectivity index (χ1v) is 9.08. The molecular weight excluding hydrogens is 344 g/mol. The average molecular weight is 366 g/mol. The van der Waals surface area contributed by atoms with Gasteiger partial charge in [-0.1, -0.05) is 97.1 Å². The summed E-state index contributed by atoms with van der Waals surface area (Å²) in [6.07, 6.45) is 0. The molecule has 0 saturated heterocycles. The number of phenols is 2. The molecule has 28 heavy (non-hydrogen) atoms. The lowest BCUT2D eigenvalue weighted by molar-refractivity contribution is 0.475. The fourth-order valence-electron chi connectivity index (χ4n) is 2.81. The number of phenolic OH excluding ortho intramolecular Hbond substituents is 2. The van der Waals surface area contributed by atoms with Crippen molar-refractivity contribution in [2.24, 2.45) is 0 Å². The zero-order valence-corrected chi connectivity index (χ0v) is 15.4. The van der Waals surface area contributed by atoms with Crippen LogP contribution in [0.5, 0.6) is 11.5 Å². The van der Waals surface area contributed by atoms with E-state index >= 15 is 0 Å². The van der Waals surface area contributed by atoms with Crippen molar-refractivity contribution in [1.82, 2.24) is 0 Å². The van der Waals surface area contributed by atoms with Crippen molar-refractivity contribution < 1.29 is 10.2 Å². The van der Waals surface area contributed by atoms with Gasteiger partial charge in [-0.15, -0.1) is 0 Å². The van der Waals surface area contributed by atoms with E-state index in [9.17, 15) is 0 Å². The number of hydrogen-bond donors (Lipinski definition) is 2. The van der Waals surface area contributed by atoms with E-state index in [1.807, 2.05) is 12.1 Å². The van der Waals surface area contributed by atoms with Crippen molar-refractivity contribution in [1.29, 1.82) is 0 Å². The van der Waals surface area contributed by atoms with Gasteiger partial charge in [0.1, 0.15) is 11.5 Å². The van der Waals surface area contributed by atoms with Crippen LogP contribution in [0.3, 0.4) is 0 Å². The Morgan fingerprint density at radius 3 is 0.964 bits per heavy atom. The van der Waals surface area contributed by atoms with E-state index in [2.05, 4.69) is 60.7 Å². The lowest BCUT2D eigenvalue weighted by Crippen LogP contribution is -1.75. The van der Waals surface area contributed by atoms with E-state index in [1.165, 1.54) is 21.5 Å². The van der Waals surface area contributed by atoms with Crippen LogP contribution in [0.4, 0.5) is 0 Å². The van der Waals surface area contributed by atoms with Crippen molar-refractivity contribution in [3.05, 3.63) is 121 Å². The Morgan fingerprint density at radius 1 is 0.321 bits per heavy atom. The van der Waals surface area contributed by atoms with Crippen LogP contribution in [0.15, 0.2) is 121 Å². The van der Waals surface area contributed by atoms with Crippen LogP contribution in [-0.4, -0.2) is 10.2 Å². The number of fused-ring (bicyclic) bond motifs is 3. The minimum absolute atomic E-state index is 0.322. The smallest absolute Gasteiger partial charge is 0.115 e. The van der Waals surface area contributed by atoms with Crippen LogP contribution in [0.2, 0.25) is 0 Å². The van der Waals surface area contributed by atoms with Crippen LogP contribution in [0, 0.1) is 0 Å². The van der Waals surface area contributed by atoms with E-state index in [-0.39, 0.29) is 0 Å². The predicted octanol–water partition coefficient (Wildman–Crippen LogP) is 6.78. The molecule has 0 atom stereocenters. The predicted molar refractivity (Wildman–Crippen MR) is 118 cm³/mol. The van der Waals surface area contributed by atoms with Gasteiger partial charge in [-0.2, -0.15) is 0 Å². The van der Waals surface area contributed by atoms with E-state index in [4.69, 9.17) is 10.2 Å². The molecule has 5 aromatic rings. The monoisotopic (exact) mass is 366 g/mol. The van der Waals surface area contributed by atoms with Gasteiger partial charge in [-0.3, -0.25) is 0 Å². The summed E-state index contributed by atoms with van der Waals surface area (Å²) in [5, 5.41) is 22.6. The van der Waals surface area contributed by atoms with Crippen LogP contribution in [0.25, 0.3) is 21.5 Å². The van der Waals surface area contributed by atoms with Crippen LogP contribution in [0.1, 0.15) is 0 Å². The lowest BCUT2D eigenvalue weighted by Gasteiger charge is -2.02. The Labute approximate surface area is 165 Å². The molecule has 5 rings (SSSR count).